The molecule has 3 rings (SSSR count). The molecule has 1 heterocycles. The van der Waals surface area contributed by atoms with Gasteiger partial charge in [-0.05, 0) is 42.8 Å². The van der Waals surface area contributed by atoms with Crippen LogP contribution in [-0.4, -0.2) is 63.7 Å². The number of carbonyl (C=O) groups is 1. The van der Waals surface area contributed by atoms with Gasteiger partial charge in [0.25, 0.3) is 0 Å². The highest BCUT2D eigenvalue weighted by molar-refractivity contribution is 5.78. The number of carbonyl (C=O) groups excluding carboxylic acids is 1. The minimum absolute atomic E-state index is 0.0811. The third-order valence-corrected chi connectivity index (χ3v) is 5.12. The van der Waals surface area contributed by atoms with E-state index < -0.39 is 0 Å². The first-order valence-corrected chi connectivity index (χ1v) is 9.87. The average molecular weight is 384 g/mol. The van der Waals surface area contributed by atoms with Crippen LogP contribution in [0, 0.1) is 5.82 Å². The van der Waals surface area contributed by atoms with Crippen LogP contribution in [0.2, 0.25) is 0 Å². The Hall–Kier alpha value is -2.60. The number of benzene rings is 2. The molecule has 0 aliphatic carbocycles. The second kappa shape index (κ2) is 10.1. The second-order valence-corrected chi connectivity index (χ2v) is 7.20. The highest BCUT2D eigenvalue weighted by Gasteiger charge is 2.19. The zero-order chi connectivity index (χ0) is 19.8. The van der Waals surface area contributed by atoms with Crippen molar-refractivity contribution < 1.29 is 9.18 Å². The summed E-state index contributed by atoms with van der Waals surface area (Å²) < 4.78 is 13.0. The lowest BCUT2D eigenvalue weighted by molar-refractivity contribution is -0.122. The molecule has 6 heteroatoms. The zero-order valence-electron chi connectivity index (χ0n) is 16.5. The second-order valence-electron chi connectivity index (χ2n) is 7.20. The number of para-hydroxylation sites is 1. The standard InChI is InChI=1S/C22H29FN4O/c1-25(20-6-3-2-4-7-20)13-5-12-24-22(28)18-26-14-16-27(17-15-26)21-10-8-19(23)9-11-21/h2-4,6-11H,5,12-18H2,1H3,(H,24,28). The molecule has 5 nitrogen and oxygen atoms in total. The Balaban J connectivity index is 1.31. The molecule has 0 saturated carbocycles. The molecule has 1 amide bonds. The first-order valence-electron chi connectivity index (χ1n) is 9.87. The fourth-order valence-electron chi connectivity index (χ4n) is 3.43. The van der Waals surface area contributed by atoms with Gasteiger partial charge in [-0.25, -0.2) is 4.39 Å². The Morgan fingerprint density at radius 1 is 1.04 bits per heavy atom. The topological polar surface area (TPSA) is 38.8 Å². The average Bonchev–Trinajstić information content (AvgIpc) is 2.73. The predicted molar refractivity (Wildman–Crippen MR) is 112 cm³/mol. The van der Waals surface area contributed by atoms with Gasteiger partial charge in [0, 0.05) is 57.7 Å². The van der Waals surface area contributed by atoms with Crippen LogP contribution in [0.25, 0.3) is 0 Å². The summed E-state index contributed by atoms with van der Waals surface area (Å²) in [5.74, 6) is -0.133. The normalized spacial score (nSPS) is 14.7. The number of nitrogens with zero attached hydrogens (tertiary/aromatic N) is 3. The largest absolute Gasteiger partial charge is 0.375 e. The summed E-state index contributed by atoms with van der Waals surface area (Å²) in [5.41, 5.74) is 2.22. The maximum atomic E-state index is 13.0. The van der Waals surface area contributed by atoms with Gasteiger partial charge in [-0.1, -0.05) is 18.2 Å². The molecular formula is C22H29FN4O. The Kier molecular flexibility index (Phi) is 7.25. The Morgan fingerprint density at radius 2 is 1.71 bits per heavy atom. The van der Waals surface area contributed by atoms with Gasteiger partial charge < -0.3 is 15.1 Å². The predicted octanol–water partition coefficient (Wildman–Crippen LogP) is 2.59. The molecule has 0 bridgehead atoms. The van der Waals surface area contributed by atoms with E-state index in [9.17, 15) is 9.18 Å². The summed E-state index contributed by atoms with van der Waals surface area (Å²) in [5, 5.41) is 3.02. The lowest BCUT2D eigenvalue weighted by atomic mass is 10.2. The van der Waals surface area contributed by atoms with Crippen LogP contribution in [0.1, 0.15) is 6.42 Å². The van der Waals surface area contributed by atoms with E-state index in [1.165, 1.54) is 17.8 Å². The summed E-state index contributed by atoms with van der Waals surface area (Å²) in [7, 11) is 2.07. The summed E-state index contributed by atoms with van der Waals surface area (Å²) in [6, 6.07) is 16.8. The highest BCUT2D eigenvalue weighted by atomic mass is 19.1. The highest BCUT2D eigenvalue weighted by Crippen LogP contribution is 2.16. The molecule has 1 aliphatic rings. The molecule has 0 aromatic heterocycles. The van der Waals surface area contributed by atoms with Crippen molar-refractivity contribution in [3.05, 3.63) is 60.4 Å². The molecule has 1 N–H and O–H groups in total. The van der Waals surface area contributed by atoms with E-state index in [0.717, 1.165) is 44.8 Å². The lowest BCUT2D eigenvalue weighted by Gasteiger charge is -2.35. The van der Waals surface area contributed by atoms with Crippen molar-refractivity contribution in [1.29, 1.82) is 0 Å². The maximum absolute atomic E-state index is 13.0. The van der Waals surface area contributed by atoms with Crippen molar-refractivity contribution in [2.45, 2.75) is 6.42 Å². The van der Waals surface area contributed by atoms with Crippen LogP contribution in [0.4, 0.5) is 15.8 Å². The van der Waals surface area contributed by atoms with Gasteiger partial charge in [-0.2, -0.15) is 0 Å². The van der Waals surface area contributed by atoms with E-state index in [1.807, 2.05) is 30.3 Å². The van der Waals surface area contributed by atoms with Crippen molar-refractivity contribution in [3.8, 4) is 0 Å². The van der Waals surface area contributed by atoms with E-state index in [-0.39, 0.29) is 11.7 Å². The molecule has 28 heavy (non-hydrogen) atoms. The fraction of sp³-hybridized carbons (Fsp3) is 0.409. The summed E-state index contributed by atoms with van der Waals surface area (Å²) in [4.78, 5) is 18.8. The van der Waals surface area contributed by atoms with Crippen molar-refractivity contribution in [2.24, 2.45) is 0 Å². The van der Waals surface area contributed by atoms with Crippen LogP contribution >= 0.6 is 0 Å². The van der Waals surface area contributed by atoms with Gasteiger partial charge in [0.2, 0.25) is 5.91 Å². The molecule has 2 aromatic rings. The molecule has 0 spiro atoms. The number of nitrogens with one attached hydrogen (secondary N) is 1. The first-order chi connectivity index (χ1) is 13.6. The zero-order valence-corrected chi connectivity index (χ0v) is 16.5. The number of hydrogen-bond acceptors (Lipinski definition) is 4. The molecule has 2 aromatic carbocycles. The maximum Gasteiger partial charge on any atom is 0.234 e. The molecular weight excluding hydrogens is 355 g/mol. The van der Waals surface area contributed by atoms with Gasteiger partial charge in [0.05, 0.1) is 6.54 Å². The Morgan fingerprint density at radius 3 is 2.39 bits per heavy atom. The molecule has 1 aliphatic heterocycles. The number of amides is 1. The molecule has 1 saturated heterocycles. The number of rotatable bonds is 8. The van der Waals surface area contributed by atoms with Gasteiger partial charge in [-0.15, -0.1) is 0 Å². The van der Waals surface area contributed by atoms with E-state index in [4.69, 9.17) is 0 Å². The van der Waals surface area contributed by atoms with Gasteiger partial charge >= 0.3 is 0 Å². The van der Waals surface area contributed by atoms with E-state index in [2.05, 4.69) is 39.2 Å². The molecule has 1 fully saturated rings. The molecule has 0 atom stereocenters. The number of hydrogen-bond donors (Lipinski definition) is 1. The van der Waals surface area contributed by atoms with E-state index in [1.54, 1.807) is 0 Å². The number of piperazine rings is 1. The van der Waals surface area contributed by atoms with Gasteiger partial charge in [0.1, 0.15) is 5.82 Å². The first kappa shape index (κ1) is 20.1. The third-order valence-electron chi connectivity index (χ3n) is 5.12. The molecule has 0 radical (unpaired) electrons. The molecule has 0 unspecified atom stereocenters. The SMILES string of the molecule is CN(CCCNC(=O)CN1CCN(c2ccc(F)cc2)CC1)c1ccccc1. The minimum atomic E-state index is -0.214. The van der Waals surface area contributed by atoms with Gasteiger partial charge in [0.15, 0.2) is 0 Å². The van der Waals surface area contributed by atoms with Crippen molar-refractivity contribution in [3.63, 3.8) is 0 Å². The van der Waals surface area contributed by atoms with Crippen LogP contribution in [0.5, 0.6) is 0 Å². The smallest absolute Gasteiger partial charge is 0.234 e. The Bertz CT molecular complexity index is 730. The summed E-state index contributed by atoms with van der Waals surface area (Å²) >= 11 is 0. The van der Waals surface area contributed by atoms with Crippen LogP contribution in [0.3, 0.4) is 0 Å². The lowest BCUT2D eigenvalue weighted by Crippen LogP contribution is -2.49. The summed E-state index contributed by atoms with van der Waals surface area (Å²) in [6.45, 7) is 5.39. The van der Waals surface area contributed by atoms with E-state index in [0.29, 0.717) is 13.1 Å². The van der Waals surface area contributed by atoms with Crippen molar-refractivity contribution in [1.82, 2.24) is 10.2 Å². The number of halogens is 1. The van der Waals surface area contributed by atoms with Crippen molar-refractivity contribution in [2.75, 3.05) is 62.7 Å². The van der Waals surface area contributed by atoms with Gasteiger partial charge in [-0.3, -0.25) is 9.69 Å². The third kappa shape index (κ3) is 5.96. The van der Waals surface area contributed by atoms with E-state index >= 15 is 0 Å². The minimum Gasteiger partial charge on any atom is -0.375 e. The van der Waals surface area contributed by atoms with Crippen molar-refractivity contribution >= 4 is 17.3 Å². The van der Waals surface area contributed by atoms with Crippen LogP contribution in [-0.2, 0) is 4.79 Å². The number of anilines is 2. The Labute approximate surface area is 166 Å². The quantitative estimate of drug-likeness (QED) is 0.710. The summed E-state index contributed by atoms with van der Waals surface area (Å²) in [6.07, 6.45) is 0.912. The van der Waals surface area contributed by atoms with Crippen LogP contribution < -0.4 is 15.1 Å². The van der Waals surface area contributed by atoms with Crippen LogP contribution in [0.15, 0.2) is 54.6 Å². The monoisotopic (exact) mass is 384 g/mol. The fourth-order valence-corrected chi connectivity index (χ4v) is 3.43. The molecule has 150 valence electrons.